The summed E-state index contributed by atoms with van der Waals surface area (Å²) in [6, 6.07) is 12.6. The first-order valence-corrected chi connectivity index (χ1v) is 8.16. The number of anilines is 1. The molecule has 0 unspecified atom stereocenters. The van der Waals surface area contributed by atoms with Gasteiger partial charge in [-0.2, -0.15) is 0 Å². The second kappa shape index (κ2) is 8.02. The van der Waals surface area contributed by atoms with Crippen molar-refractivity contribution in [1.29, 1.82) is 0 Å². The van der Waals surface area contributed by atoms with Gasteiger partial charge in [0.15, 0.2) is 0 Å². The lowest BCUT2D eigenvalue weighted by atomic mass is 10.1. The van der Waals surface area contributed by atoms with Crippen LogP contribution < -0.4 is 14.8 Å². The van der Waals surface area contributed by atoms with E-state index in [1.807, 2.05) is 6.07 Å². The Morgan fingerprint density at radius 2 is 1.87 bits per heavy atom. The number of ether oxygens (including phenoxy) is 2. The van der Waals surface area contributed by atoms with Crippen molar-refractivity contribution in [3.8, 4) is 11.5 Å². The van der Waals surface area contributed by atoms with Gasteiger partial charge in [-0.1, -0.05) is 29.8 Å². The van der Waals surface area contributed by atoms with Gasteiger partial charge in [0.2, 0.25) is 0 Å². The number of carbonyl (C=O) groups excluding carboxylic acids is 1. The van der Waals surface area contributed by atoms with Gasteiger partial charge >= 0.3 is 0 Å². The first-order valence-electron chi connectivity index (χ1n) is 7.37. The molecule has 0 aromatic heterocycles. The van der Waals surface area contributed by atoms with Crippen LogP contribution in [-0.4, -0.2) is 19.6 Å². The highest BCUT2D eigenvalue weighted by atomic mass is 79.9. The largest absolute Gasteiger partial charge is 0.497 e. The van der Waals surface area contributed by atoms with E-state index in [0.29, 0.717) is 29.5 Å². The molecule has 0 fully saturated rings. The summed E-state index contributed by atoms with van der Waals surface area (Å²) in [6.45, 7) is 4.69. The quantitative estimate of drug-likeness (QED) is 0.790. The van der Waals surface area contributed by atoms with Crippen LogP contribution in [0.2, 0.25) is 0 Å². The van der Waals surface area contributed by atoms with Crippen molar-refractivity contribution < 1.29 is 14.3 Å². The molecule has 0 aliphatic heterocycles. The van der Waals surface area contributed by atoms with Gasteiger partial charge in [0, 0.05) is 10.2 Å². The summed E-state index contributed by atoms with van der Waals surface area (Å²) in [5.41, 5.74) is 1.20. The van der Waals surface area contributed by atoms with Crippen molar-refractivity contribution >= 4 is 27.5 Å². The van der Waals surface area contributed by atoms with E-state index in [1.165, 1.54) is 0 Å². The van der Waals surface area contributed by atoms with Crippen molar-refractivity contribution in [1.82, 2.24) is 0 Å². The normalized spacial score (nSPS) is 10.5. The van der Waals surface area contributed by atoms with Crippen LogP contribution in [0.25, 0.3) is 0 Å². The Balaban J connectivity index is 2.17. The van der Waals surface area contributed by atoms with Crippen LogP contribution in [-0.2, 0) is 0 Å². The van der Waals surface area contributed by atoms with Crippen molar-refractivity contribution in [3.63, 3.8) is 0 Å². The third kappa shape index (κ3) is 4.99. The summed E-state index contributed by atoms with van der Waals surface area (Å²) >= 11 is 3.40. The molecule has 4 nitrogen and oxygen atoms in total. The van der Waals surface area contributed by atoms with Crippen molar-refractivity contribution in [2.75, 3.05) is 19.0 Å². The summed E-state index contributed by atoms with van der Waals surface area (Å²) in [7, 11) is 1.60. The average Bonchev–Trinajstić information content (AvgIpc) is 2.54. The maximum Gasteiger partial charge on any atom is 0.259 e. The van der Waals surface area contributed by atoms with Gasteiger partial charge in [-0.05, 0) is 48.4 Å². The van der Waals surface area contributed by atoms with E-state index in [9.17, 15) is 4.79 Å². The van der Waals surface area contributed by atoms with Gasteiger partial charge in [-0.25, -0.2) is 0 Å². The van der Waals surface area contributed by atoms with Crippen molar-refractivity contribution in [3.05, 3.63) is 52.5 Å². The summed E-state index contributed by atoms with van der Waals surface area (Å²) in [4.78, 5) is 12.5. The lowest BCUT2D eigenvalue weighted by Crippen LogP contribution is -2.15. The van der Waals surface area contributed by atoms with Crippen LogP contribution >= 0.6 is 15.9 Å². The molecule has 0 aliphatic rings. The molecule has 1 N–H and O–H groups in total. The number of nitrogens with one attached hydrogen (secondary N) is 1. The van der Waals surface area contributed by atoms with Crippen LogP contribution in [0.15, 0.2) is 46.9 Å². The zero-order chi connectivity index (χ0) is 16.8. The monoisotopic (exact) mass is 377 g/mol. The number of benzene rings is 2. The number of methoxy groups -OCH3 is 1. The third-order valence-corrected chi connectivity index (χ3v) is 3.60. The third-order valence-electron chi connectivity index (χ3n) is 3.11. The van der Waals surface area contributed by atoms with Crippen LogP contribution in [0.5, 0.6) is 11.5 Å². The Morgan fingerprint density at radius 1 is 1.17 bits per heavy atom. The van der Waals surface area contributed by atoms with Gasteiger partial charge in [-0.3, -0.25) is 4.79 Å². The molecule has 0 bridgehead atoms. The van der Waals surface area contributed by atoms with Crippen LogP contribution in [0.4, 0.5) is 5.69 Å². The topological polar surface area (TPSA) is 47.6 Å². The molecule has 0 aliphatic carbocycles. The molecule has 2 aromatic carbocycles. The summed E-state index contributed by atoms with van der Waals surface area (Å²) in [5.74, 6) is 1.49. The fraction of sp³-hybridized carbons (Fsp3) is 0.278. The molecular formula is C18H20BrNO3. The molecule has 0 heterocycles. The Kier molecular flexibility index (Phi) is 6.04. The second-order valence-electron chi connectivity index (χ2n) is 5.53. The maximum absolute atomic E-state index is 12.5. The van der Waals surface area contributed by atoms with Gasteiger partial charge in [-0.15, -0.1) is 0 Å². The summed E-state index contributed by atoms with van der Waals surface area (Å²) in [5, 5.41) is 2.87. The maximum atomic E-state index is 12.5. The highest BCUT2D eigenvalue weighted by Crippen LogP contribution is 2.25. The highest BCUT2D eigenvalue weighted by molar-refractivity contribution is 9.10. The summed E-state index contributed by atoms with van der Waals surface area (Å²) < 4.78 is 11.7. The lowest BCUT2D eigenvalue weighted by Gasteiger charge is -2.14. The summed E-state index contributed by atoms with van der Waals surface area (Å²) in [6.07, 6.45) is 0. The second-order valence-corrected chi connectivity index (χ2v) is 6.44. The SMILES string of the molecule is COc1ccc(NC(=O)c2cc(Br)ccc2OCC(C)C)cc1. The molecule has 2 aromatic rings. The Morgan fingerprint density at radius 3 is 2.48 bits per heavy atom. The number of carbonyl (C=O) groups is 1. The minimum Gasteiger partial charge on any atom is -0.497 e. The van der Waals surface area contributed by atoms with E-state index >= 15 is 0 Å². The predicted molar refractivity (Wildman–Crippen MR) is 95.4 cm³/mol. The number of hydrogen-bond acceptors (Lipinski definition) is 3. The van der Waals surface area contributed by atoms with Gasteiger partial charge in [0.05, 0.1) is 19.3 Å². The first-order chi connectivity index (χ1) is 11.0. The van der Waals surface area contributed by atoms with Gasteiger partial charge in [0.25, 0.3) is 5.91 Å². The van der Waals surface area contributed by atoms with Gasteiger partial charge in [0.1, 0.15) is 11.5 Å². The van der Waals surface area contributed by atoms with E-state index in [2.05, 4.69) is 35.1 Å². The smallest absolute Gasteiger partial charge is 0.259 e. The predicted octanol–water partition coefficient (Wildman–Crippen LogP) is 4.74. The molecule has 0 saturated heterocycles. The minimum atomic E-state index is -0.213. The number of rotatable bonds is 6. The molecule has 0 spiro atoms. The Hall–Kier alpha value is -2.01. The lowest BCUT2D eigenvalue weighted by molar-refractivity contribution is 0.102. The molecule has 5 heteroatoms. The fourth-order valence-corrected chi connectivity index (χ4v) is 2.30. The zero-order valence-corrected chi connectivity index (χ0v) is 15.0. The van der Waals surface area contributed by atoms with E-state index in [-0.39, 0.29) is 5.91 Å². The van der Waals surface area contributed by atoms with E-state index in [1.54, 1.807) is 43.5 Å². The standard InChI is InChI=1S/C18H20BrNO3/c1-12(2)11-23-17-9-4-13(19)10-16(17)18(21)20-14-5-7-15(22-3)8-6-14/h4-10,12H,11H2,1-3H3,(H,20,21). The number of amides is 1. The molecule has 122 valence electrons. The van der Waals surface area contributed by atoms with E-state index < -0.39 is 0 Å². The van der Waals surface area contributed by atoms with Crippen molar-refractivity contribution in [2.45, 2.75) is 13.8 Å². The van der Waals surface area contributed by atoms with E-state index in [0.717, 1.165) is 10.2 Å². The highest BCUT2D eigenvalue weighted by Gasteiger charge is 2.14. The Bertz CT molecular complexity index is 668. The Labute approximate surface area is 144 Å². The van der Waals surface area contributed by atoms with Crippen LogP contribution in [0.1, 0.15) is 24.2 Å². The molecule has 1 amide bonds. The number of halogens is 1. The first kappa shape index (κ1) is 17.3. The molecule has 0 atom stereocenters. The molecule has 0 saturated carbocycles. The minimum absolute atomic E-state index is 0.213. The molecule has 23 heavy (non-hydrogen) atoms. The zero-order valence-electron chi connectivity index (χ0n) is 13.4. The van der Waals surface area contributed by atoms with Crippen LogP contribution in [0.3, 0.4) is 0 Å². The number of hydrogen-bond donors (Lipinski definition) is 1. The van der Waals surface area contributed by atoms with E-state index in [4.69, 9.17) is 9.47 Å². The van der Waals surface area contributed by atoms with Crippen LogP contribution in [0, 0.1) is 5.92 Å². The average molecular weight is 378 g/mol. The molecular weight excluding hydrogens is 358 g/mol. The fourth-order valence-electron chi connectivity index (χ4n) is 1.93. The molecule has 2 rings (SSSR count). The van der Waals surface area contributed by atoms with Crippen molar-refractivity contribution in [2.24, 2.45) is 5.92 Å². The van der Waals surface area contributed by atoms with Gasteiger partial charge < -0.3 is 14.8 Å². The molecule has 0 radical (unpaired) electrons.